The van der Waals surface area contributed by atoms with Gasteiger partial charge in [-0.15, -0.1) is 0 Å². The summed E-state index contributed by atoms with van der Waals surface area (Å²) in [7, 11) is 0. The highest BCUT2D eigenvalue weighted by Crippen LogP contribution is 2.20. The molecular formula is C21H24N2O. The number of hydrogen-bond donors (Lipinski definition) is 0. The monoisotopic (exact) mass is 320 g/mol. The average Bonchev–Trinajstić information content (AvgIpc) is 2.60. The van der Waals surface area contributed by atoms with Gasteiger partial charge in [-0.1, -0.05) is 48.0 Å². The standard InChI is InChI=1S/C21H24N2O/c1-17-6-5-8-19(16-17)10-11-21(24)23-14-12-22(13-15-23)20-9-4-3-7-18(20)2/h3-11,16H,12-15H2,1-2H3/b11-10+. The van der Waals surface area contributed by atoms with Gasteiger partial charge in [-0.05, 0) is 37.1 Å². The van der Waals surface area contributed by atoms with Crippen molar-refractivity contribution in [2.24, 2.45) is 0 Å². The maximum atomic E-state index is 12.4. The summed E-state index contributed by atoms with van der Waals surface area (Å²) in [5, 5.41) is 0. The zero-order valence-corrected chi connectivity index (χ0v) is 14.4. The van der Waals surface area contributed by atoms with Crippen molar-refractivity contribution in [3.8, 4) is 0 Å². The van der Waals surface area contributed by atoms with Crippen LogP contribution in [0.2, 0.25) is 0 Å². The Balaban J connectivity index is 1.58. The van der Waals surface area contributed by atoms with Crippen LogP contribution in [0.25, 0.3) is 6.08 Å². The number of carbonyl (C=O) groups is 1. The third-order valence-electron chi connectivity index (χ3n) is 4.51. The lowest BCUT2D eigenvalue weighted by Crippen LogP contribution is -2.48. The number of hydrogen-bond acceptors (Lipinski definition) is 2. The van der Waals surface area contributed by atoms with Crippen molar-refractivity contribution < 1.29 is 4.79 Å². The second-order valence-electron chi connectivity index (χ2n) is 6.35. The lowest BCUT2D eigenvalue weighted by atomic mass is 10.1. The molecule has 3 heteroatoms. The van der Waals surface area contributed by atoms with Crippen LogP contribution in [0.15, 0.2) is 54.6 Å². The summed E-state index contributed by atoms with van der Waals surface area (Å²) in [5.74, 6) is 0.0981. The summed E-state index contributed by atoms with van der Waals surface area (Å²) >= 11 is 0. The summed E-state index contributed by atoms with van der Waals surface area (Å²) < 4.78 is 0. The van der Waals surface area contributed by atoms with Crippen LogP contribution in [-0.2, 0) is 4.79 Å². The Hall–Kier alpha value is -2.55. The maximum Gasteiger partial charge on any atom is 0.246 e. The molecule has 1 fully saturated rings. The molecule has 0 saturated carbocycles. The molecule has 1 aliphatic heterocycles. The predicted octanol–water partition coefficient (Wildman–Crippen LogP) is 3.67. The minimum absolute atomic E-state index is 0.0981. The fourth-order valence-electron chi connectivity index (χ4n) is 3.13. The molecule has 2 aromatic rings. The van der Waals surface area contributed by atoms with E-state index in [1.165, 1.54) is 16.8 Å². The third-order valence-corrected chi connectivity index (χ3v) is 4.51. The largest absolute Gasteiger partial charge is 0.368 e. The molecule has 0 N–H and O–H groups in total. The number of carbonyl (C=O) groups excluding carboxylic acids is 1. The predicted molar refractivity (Wildman–Crippen MR) is 100 cm³/mol. The van der Waals surface area contributed by atoms with Gasteiger partial charge in [-0.2, -0.15) is 0 Å². The minimum atomic E-state index is 0.0981. The Morgan fingerprint density at radius 2 is 1.71 bits per heavy atom. The number of benzene rings is 2. The molecular weight excluding hydrogens is 296 g/mol. The molecule has 24 heavy (non-hydrogen) atoms. The van der Waals surface area contributed by atoms with Crippen LogP contribution in [-0.4, -0.2) is 37.0 Å². The Morgan fingerprint density at radius 3 is 2.42 bits per heavy atom. The molecule has 0 unspecified atom stereocenters. The Bertz CT molecular complexity index is 743. The fourth-order valence-corrected chi connectivity index (χ4v) is 3.13. The van der Waals surface area contributed by atoms with Gasteiger partial charge in [0.1, 0.15) is 0 Å². The second kappa shape index (κ2) is 7.35. The van der Waals surface area contributed by atoms with Gasteiger partial charge in [0.15, 0.2) is 0 Å². The summed E-state index contributed by atoms with van der Waals surface area (Å²) in [6, 6.07) is 16.6. The number of anilines is 1. The lowest BCUT2D eigenvalue weighted by Gasteiger charge is -2.36. The van der Waals surface area contributed by atoms with E-state index < -0.39 is 0 Å². The second-order valence-corrected chi connectivity index (χ2v) is 6.35. The van der Waals surface area contributed by atoms with Crippen LogP contribution < -0.4 is 4.90 Å². The van der Waals surface area contributed by atoms with Crippen LogP contribution >= 0.6 is 0 Å². The van der Waals surface area contributed by atoms with Crippen molar-refractivity contribution in [3.05, 3.63) is 71.3 Å². The van der Waals surface area contributed by atoms with E-state index in [9.17, 15) is 4.79 Å². The highest BCUT2D eigenvalue weighted by atomic mass is 16.2. The number of aryl methyl sites for hydroxylation is 2. The van der Waals surface area contributed by atoms with Gasteiger partial charge >= 0.3 is 0 Å². The van der Waals surface area contributed by atoms with Crippen LogP contribution in [0.5, 0.6) is 0 Å². The molecule has 1 saturated heterocycles. The van der Waals surface area contributed by atoms with Gasteiger partial charge in [0.25, 0.3) is 0 Å². The molecule has 1 heterocycles. The molecule has 0 atom stereocenters. The van der Waals surface area contributed by atoms with E-state index in [-0.39, 0.29) is 5.91 Å². The molecule has 3 rings (SSSR count). The van der Waals surface area contributed by atoms with E-state index in [0.717, 1.165) is 31.7 Å². The highest BCUT2D eigenvalue weighted by molar-refractivity contribution is 5.92. The SMILES string of the molecule is Cc1cccc(/C=C/C(=O)N2CCN(c3ccccc3C)CC2)c1. The summed E-state index contributed by atoms with van der Waals surface area (Å²) in [6.07, 6.45) is 3.60. The first-order chi connectivity index (χ1) is 11.6. The Kier molecular flexibility index (Phi) is 4.99. The number of rotatable bonds is 3. The van der Waals surface area contributed by atoms with Gasteiger partial charge in [-0.3, -0.25) is 4.79 Å². The maximum absolute atomic E-state index is 12.4. The van der Waals surface area contributed by atoms with Crippen molar-refractivity contribution in [2.45, 2.75) is 13.8 Å². The first-order valence-corrected chi connectivity index (χ1v) is 8.48. The van der Waals surface area contributed by atoms with E-state index in [1.54, 1.807) is 6.08 Å². The van der Waals surface area contributed by atoms with Crippen molar-refractivity contribution in [1.29, 1.82) is 0 Å². The molecule has 3 nitrogen and oxygen atoms in total. The van der Waals surface area contributed by atoms with Crippen molar-refractivity contribution >= 4 is 17.7 Å². The molecule has 0 aliphatic carbocycles. The van der Waals surface area contributed by atoms with Crippen LogP contribution in [0.1, 0.15) is 16.7 Å². The number of para-hydroxylation sites is 1. The normalized spacial score (nSPS) is 15.1. The van der Waals surface area contributed by atoms with Gasteiger partial charge in [0.05, 0.1) is 0 Å². The summed E-state index contributed by atoms with van der Waals surface area (Å²) in [5.41, 5.74) is 4.84. The van der Waals surface area contributed by atoms with Crippen LogP contribution in [0, 0.1) is 13.8 Å². The van der Waals surface area contributed by atoms with Crippen molar-refractivity contribution in [2.75, 3.05) is 31.1 Å². The highest BCUT2D eigenvalue weighted by Gasteiger charge is 2.20. The fraction of sp³-hybridized carbons (Fsp3) is 0.286. The molecule has 0 radical (unpaired) electrons. The van der Waals surface area contributed by atoms with E-state index in [1.807, 2.05) is 23.1 Å². The molecule has 1 amide bonds. The van der Waals surface area contributed by atoms with E-state index in [2.05, 4.69) is 55.1 Å². The van der Waals surface area contributed by atoms with Gasteiger partial charge in [0, 0.05) is 37.9 Å². The lowest BCUT2D eigenvalue weighted by molar-refractivity contribution is -0.126. The quantitative estimate of drug-likeness (QED) is 0.806. The average molecular weight is 320 g/mol. The molecule has 0 spiro atoms. The van der Waals surface area contributed by atoms with E-state index >= 15 is 0 Å². The number of nitrogens with zero attached hydrogens (tertiary/aromatic N) is 2. The van der Waals surface area contributed by atoms with E-state index in [0.29, 0.717) is 0 Å². The van der Waals surface area contributed by atoms with Gasteiger partial charge < -0.3 is 9.80 Å². The Morgan fingerprint density at radius 1 is 0.958 bits per heavy atom. The van der Waals surface area contributed by atoms with Gasteiger partial charge in [-0.25, -0.2) is 0 Å². The molecule has 2 aromatic carbocycles. The topological polar surface area (TPSA) is 23.6 Å². The Labute approximate surface area is 144 Å². The molecule has 1 aliphatic rings. The minimum Gasteiger partial charge on any atom is -0.368 e. The van der Waals surface area contributed by atoms with Crippen LogP contribution in [0.4, 0.5) is 5.69 Å². The number of piperazine rings is 1. The zero-order valence-electron chi connectivity index (χ0n) is 14.4. The van der Waals surface area contributed by atoms with Crippen LogP contribution in [0.3, 0.4) is 0 Å². The zero-order chi connectivity index (χ0) is 16.9. The third kappa shape index (κ3) is 3.85. The van der Waals surface area contributed by atoms with Crippen molar-refractivity contribution in [3.63, 3.8) is 0 Å². The van der Waals surface area contributed by atoms with Crippen molar-refractivity contribution in [1.82, 2.24) is 4.90 Å². The summed E-state index contributed by atoms with van der Waals surface area (Å²) in [6.45, 7) is 7.50. The number of amides is 1. The molecule has 0 aromatic heterocycles. The smallest absolute Gasteiger partial charge is 0.246 e. The molecule has 0 bridgehead atoms. The van der Waals surface area contributed by atoms with E-state index in [4.69, 9.17) is 0 Å². The summed E-state index contributed by atoms with van der Waals surface area (Å²) in [4.78, 5) is 16.7. The first kappa shape index (κ1) is 16.3. The van der Waals surface area contributed by atoms with Gasteiger partial charge in [0.2, 0.25) is 5.91 Å². The first-order valence-electron chi connectivity index (χ1n) is 8.48. The molecule has 124 valence electrons.